The second kappa shape index (κ2) is 3.59. The molecule has 0 aliphatic rings. The molecule has 0 amide bonds. The molecular formula is C4H11NO2. The summed E-state index contributed by atoms with van der Waals surface area (Å²) in [5.74, 6) is 0. The maximum Gasteiger partial charge on any atom is 0.207 e. The molecule has 0 atom stereocenters. The van der Waals surface area contributed by atoms with Crippen LogP contribution in [-0.4, -0.2) is 11.0 Å². The third-order valence-electron chi connectivity index (χ3n) is 0.422. The normalized spacial score (nSPS) is 7.86. The molecular weight excluding hydrogens is 94.0 g/mol. The first-order valence-corrected chi connectivity index (χ1v) is 1.78. The van der Waals surface area contributed by atoms with Gasteiger partial charge in [-0.2, -0.15) is 0 Å². The second-order valence-corrected chi connectivity index (χ2v) is 1.38. The predicted octanol–water partition coefficient (Wildman–Crippen LogP) is 1.31. The SMILES string of the molecule is C.CC(C)[N+](=O)[O-]. The van der Waals surface area contributed by atoms with Crippen LogP contribution in [0.15, 0.2) is 0 Å². The number of hydrogen-bond donors (Lipinski definition) is 0. The van der Waals surface area contributed by atoms with E-state index in [2.05, 4.69) is 0 Å². The molecule has 7 heavy (non-hydrogen) atoms. The molecule has 0 saturated heterocycles. The third-order valence-corrected chi connectivity index (χ3v) is 0.422. The first-order valence-electron chi connectivity index (χ1n) is 1.78. The van der Waals surface area contributed by atoms with Crippen molar-refractivity contribution < 1.29 is 4.92 Å². The maximum absolute atomic E-state index is 9.50. The summed E-state index contributed by atoms with van der Waals surface area (Å²) in [5.41, 5.74) is 0. The lowest BCUT2D eigenvalue weighted by molar-refractivity contribution is -0.513. The lowest BCUT2D eigenvalue weighted by Gasteiger charge is -1.88. The Hall–Kier alpha value is -0.600. The Morgan fingerprint density at radius 2 is 1.71 bits per heavy atom. The van der Waals surface area contributed by atoms with Gasteiger partial charge in [-0.05, 0) is 0 Å². The largest absolute Gasteiger partial charge is 0.264 e. The summed E-state index contributed by atoms with van der Waals surface area (Å²) in [4.78, 5) is 9.17. The van der Waals surface area contributed by atoms with Gasteiger partial charge in [-0.1, -0.05) is 7.43 Å². The molecule has 0 heterocycles. The van der Waals surface area contributed by atoms with Gasteiger partial charge in [0.2, 0.25) is 6.04 Å². The Morgan fingerprint density at radius 1 is 1.57 bits per heavy atom. The first kappa shape index (κ1) is 9.64. The van der Waals surface area contributed by atoms with Crippen molar-refractivity contribution in [1.29, 1.82) is 0 Å². The standard InChI is InChI=1S/C3H7NO2.CH4/c1-3(2)4(5)6;/h3H,1-2H3;1H4. The number of rotatable bonds is 1. The zero-order valence-corrected chi connectivity index (χ0v) is 3.84. The molecule has 3 nitrogen and oxygen atoms in total. The van der Waals surface area contributed by atoms with E-state index in [4.69, 9.17) is 0 Å². The first-order chi connectivity index (χ1) is 2.64. The van der Waals surface area contributed by atoms with Gasteiger partial charge in [-0.3, -0.25) is 10.1 Å². The van der Waals surface area contributed by atoms with Crippen LogP contribution in [0.3, 0.4) is 0 Å². The minimum absolute atomic E-state index is 0. The van der Waals surface area contributed by atoms with Crippen molar-refractivity contribution in [3.63, 3.8) is 0 Å². The van der Waals surface area contributed by atoms with E-state index in [-0.39, 0.29) is 12.3 Å². The molecule has 0 bridgehead atoms. The van der Waals surface area contributed by atoms with Gasteiger partial charge in [-0.25, -0.2) is 0 Å². The van der Waals surface area contributed by atoms with E-state index in [1.54, 1.807) is 13.8 Å². The number of nitrogens with zero attached hydrogens (tertiary/aromatic N) is 1. The van der Waals surface area contributed by atoms with Crippen LogP contribution >= 0.6 is 0 Å². The minimum atomic E-state index is -0.426. The van der Waals surface area contributed by atoms with Crippen molar-refractivity contribution in [3.8, 4) is 0 Å². The van der Waals surface area contributed by atoms with Gasteiger partial charge in [0.15, 0.2) is 0 Å². The fraction of sp³-hybridized carbons (Fsp3) is 1.00. The Balaban J connectivity index is 0. The molecule has 0 aliphatic carbocycles. The highest BCUT2D eigenvalue weighted by atomic mass is 16.6. The highest BCUT2D eigenvalue weighted by molar-refractivity contribution is 4.28. The van der Waals surface area contributed by atoms with Crippen LogP contribution in [0.1, 0.15) is 21.3 Å². The molecule has 0 N–H and O–H groups in total. The molecule has 0 fully saturated rings. The second-order valence-electron chi connectivity index (χ2n) is 1.38. The molecule has 44 valence electrons. The van der Waals surface area contributed by atoms with Crippen LogP contribution in [0.2, 0.25) is 0 Å². The van der Waals surface area contributed by atoms with Gasteiger partial charge in [0.1, 0.15) is 0 Å². The number of nitro groups is 1. The smallest absolute Gasteiger partial charge is 0.207 e. The predicted molar refractivity (Wildman–Crippen MR) is 28.9 cm³/mol. The van der Waals surface area contributed by atoms with Gasteiger partial charge < -0.3 is 0 Å². The van der Waals surface area contributed by atoms with Crippen molar-refractivity contribution >= 4 is 0 Å². The van der Waals surface area contributed by atoms with Crippen molar-refractivity contribution in [3.05, 3.63) is 10.1 Å². The highest BCUT2D eigenvalue weighted by Gasteiger charge is 1.99. The van der Waals surface area contributed by atoms with E-state index in [0.717, 1.165) is 0 Å². The Kier molecular flexibility index (Phi) is 4.94. The van der Waals surface area contributed by atoms with Crippen LogP contribution in [0.5, 0.6) is 0 Å². The van der Waals surface area contributed by atoms with Gasteiger partial charge in [0, 0.05) is 18.8 Å². The van der Waals surface area contributed by atoms with Crippen LogP contribution in [-0.2, 0) is 0 Å². The van der Waals surface area contributed by atoms with Crippen LogP contribution in [0.4, 0.5) is 0 Å². The molecule has 0 aromatic rings. The van der Waals surface area contributed by atoms with Crippen molar-refractivity contribution in [2.24, 2.45) is 0 Å². The zero-order valence-electron chi connectivity index (χ0n) is 3.84. The summed E-state index contributed by atoms with van der Waals surface area (Å²) in [5, 5.41) is 9.50. The van der Waals surface area contributed by atoms with E-state index in [9.17, 15) is 10.1 Å². The summed E-state index contributed by atoms with van der Waals surface area (Å²) in [6.45, 7) is 3.08. The average Bonchev–Trinajstić information content (AvgIpc) is 1.36. The minimum Gasteiger partial charge on any atom is -0.264 e. The van der Waals surface area contributed by atoms with Gasteiger partial charge in [0.05, 0.1) is 0 Å². The quantitative estimate of drug-likeness (QED) is 0.372. The van der Waals surface area contributed by atoms with Gasteiger partial charge in [-0.15, -0.1) is 0 Å². The Bertz CT molecular complexity index is 60.7. The molecule has 0 aromatic carbocycles. The zero-order chi connectivity index (χ0) is 5.15. The molecule has 0 unspecified atom stereocenters. The van der Waals surface area contributed by atoms with Crippen molar-refractivity contribution in [2.45, 2.75) is 27.3 Å². The fourth-order valence-corrected chi connectivity index (χ4v) is 0. The molecule has 0 saturated carbocycles. The van der Waals surface area contributed by atoms with E-state index in [0.29, 0.717) is 0 Å². The van der Waals surface area contributed by atoms with Gasteiger partial charge in [0.25, 0.3) is 0 Å². The Morgan fingerprint density at radius 3 is 1.71 bits per heavy atom. The molecule has 0 radical (unpaired) electrons. The Labute approximate surface area is 43.5 Å². The number of hydrogen-bond acceptors (Lipinski definition) is 2. The van der Waals surface area contributed by atoms with E-state index >= 15 is 0 Å². The van der Waals surface area contributed by atoms with E-state index in [1.807, 2.05) is 0 Å². The molecule has 0 aromatic heterocycles. The lowest BCUT2D eigenvalue weighted by atomic mass is 10.4. The van der Waals surface area contributed by atoms with E-state index < -0.39 is 6.04 Å². The van der Waals surface area contributed by atoms with Crippen LogP contribution in [0.25, 0.3) is 0 Å². The summed E-state index contributed by atoms with van der Waals surface area (Å²) < 4.78 is 0. The summed E-state index contributed by atoms with van der Waals surface area (Å²) in [6.07, 6.45) is 0. The van der Waals surface area contributed by atoms with Crippen molar-refractivity contribution in [1.82, 2.24) is 0 Å². The highest BCUT2D eigenvalue weighted by Crippen LogP contribution is 1.79. The summed E-state index contributed by atoms with van der Waals surface area (Å²) in [7, 11) is 0. The molecule has 0 aliphatic heterocycles. The summed E-state index contributed by atoms with van der Waals surface area (Å²) in [6, 6.07) is -0.426. The monoisotopic (exact) mass is 105 g/mol. The topological polar surface area (TPSA) is 43.1 Å². The lowest BCUT2D eigenvalue weighted by Crippen LogP contribution is -2.08. The van der Waals surface area contributed by atoms with Crippen LogP contribution in [0, 0.1) is 10.1 Å². The summed E-state index contributed by atoms with van der Waals surface area (Å²) >= 11 is 0. The fourth-order valence-electron chi connectivity index (χ4n) is 0. The average molecular weight is 105 g/mol. The van der Waals surface area contributed by atoms with E-state index in [1.165, 1.54) is 0 Å². The molecule has 0 spiro atoms. The third kappa shape index (κ3) is 5.40. The molecule has 0 rings (SSSR count). The maximum atomic E-state index is 9.50. The molecule has 3 heteroatoms. The van der Waals surface area contributed by atoms with Crippen LogP contribution < -0.4 is 0 Å². The van der Waals surface area contributed by atoms with Crippen molar-refractivity contribution in [2.75, 3.05) is 0 Å². The van der Waals surface area contributed by atoms with Gasteiger partial charge >= 0.3 is 0 Å².